The Kier molecular flexibility index (Phi) is 4.05. The van der Waals surface area contributed by atoms with E-state index in [-0.39, 0.29) is 12.2 Å². The van der Waals surface area contributed by atoms with Gasteiger partial charge in [-0.3, -0.25) is 0 Å². The van der Waals surface area contributed by atoms with Crippen molar-refractivity contribution in [3.8, 4) is 17.2 Å². The lowest BCUT2D eigenvalue weighted by Crippen LogP contribution is -2.47. The van der Waals surface area contributed by atoms with Gasteiger partial charge in [0.05, 0.1) is 14.8 Å². The van der Waals surface area contributed by atoms with Crippen LogP contribution in [0.5, 0.6) is 17.2 Å². The van der Waals surface area contributed by atoms with Crippen molar-refractivity contribution in [2.24, 2.45) is 0 Å². The standard InChI is InChI=1S/C22H18ClNO3S2/c23-20-6-5-13(29-20)10-24-16-4-2-1-3-14(16)22(9-21(24)28)11-25-17-8-19-18(7-15(17)22)26-12-27-19/h1-4,6-8,13H,5,9-12H2. The SMILES string of the molecule is S=C1CC2(COc3cc4c(cc32)OCO4)c2ccccc2N1CC1CC=C(Cl)S1. The first-order chi connectivity index (χ1) is 14.1. The highest BCUT2D eigenvalue weighted by Crippen LogP contribution is 2.55. The van der Waals surface area contributed by atoms with Gasteiger partial charge in [0.15, 0.2) is 11.5 Å². The van der Waals surface area contributed by atoms with E-state index in [0.717, 1.165) is 51.6 Å². The number of thioether (sulfide) groups is 1. The molecule has 0 amide bonds. The first-order valence-corrected chi connectivity index (χ1v) is 11.3. The van der Waals surface area contributed by atoms with Crippen LogP contribution in [0.1, 0.15) is 24.0 Å². The Hall–Kier alpha value is -1.89. The molecule has 29 heavy (non-hydrogen) atoms. The minimum Gasteiger partial charge on any atom is -0.492 e. The number of rotatable bonds is 2. The number of nitrogens with zero attached hydrogens (tertiary/aromatic N) is 1. The van der Waals surface area contributed by atoms with Gasteiger partial charge in [0.1, 0.15) is 12.4 Å². The third-order valence-electron chi connectivity index (χ3n) is 6.14. The molecule has 4 aliphatic heterocycles. The molecule has 0 aliphatic carbocycles. The number of allylic oxidation sites excluding steroid dienone is 1. The lowest BCUT2D eigenvalue weighted by atomic mass is 9.70. The molecule has 0 bridgehead atoms. The molecule has 6 rings (SSSR count). The molecule has 2 aromatic rings. The van der Waals surface area contributed by atoms with Crippen LogP contribution in [0, 0.1) is 0 Å². The summed E-state index contributed by atoms with van der Waals surface area (Å²) in [7, 11) is 0. The number of hydrogen-bond donors (Lipinski definition) is 0. The fourth-order valence-electron chi connectivity index (χ4n) is 4.76. The second-order valence-corrected chi connectivity index (χ2v) is 10.2. The predicted molar refractivity (Wildman–Crippen MR) is 120 cm³/mol. The lowest BCUT2D eigenvalue weighted by Gasteiger charge is -2.42. The van der Waals surface area contributed by atoms with Crippen molar-refractivity contribution in [3.63, 3.8) is 0 Å². The van der Waals surface area contributed by atoms with Crippen LogP contribution in [-0.4, -0.2) is 30.2 Å². The van der Waals surface area contributed by atoms with Crippen LogP contribution in [-0.2, 0) is 5.41 Å². The monoisotopic (exact) mass is 443 g/mol. The third-order valence-corrected chi connectivity index (χ3v) is 7.99. The fourth-order valence-corrected chi connectivity index (χ4v) is 6.57. The molecule has 2 aromatic carbocycles. The number of para-hydroxylation sites is 1. The van der Waals surface area contributed by atoms with Crippen LogP contribution in [0.3, 0.4) is 0 Å². The predicted octanol–water partition coefficient (Wildman–Crippen LogP) is 5.22. The highest BCUT2D eigenvalue weighted by Gasteiger charge is 2.49. The van der Waals surface area contributed by atoms with E-state index in [0.29, 0.717) is 11.9 Å². The first-order valence-electron chi connectivity index (χ1n) is 9.63. The number of ether oxygens (including phenoxy) is 3. The van der Waals surface area contributed by atoms with Gasteiger partial charge in [0.25, 0.3) is 0 Å². The molecular weight excluding hydrogens is 426 g/mol. The van der Waals surface area contributed by atoms with Gasteiger partial charge in [0.2, 0.25) is 6.79 Å². The van der Waals surface area contributed by atoms with E-state index in [1.54, 1.807) is 11.8 Å². The third kappa shape index (κ3) is 2.69. The van der Waals surface area contributed by atoms with Crippen LogP contribution < -0.4 is 19.1 Å². The van der Waals surface area contributed by atoms with Gasteiger partial charge in [-0.1, -0.05) is 48.1 Å². The van der Waals surface area contributed by atoms with Gasteiger partial charge in [0, 0.05) is 35.5 Å². The molecule has 0 N–H and O–H groups in total. The van der Waals surface area contributed by atoms with Crippen molar-refractivity contribution in [3.05, 3.63) is 58.0 Å². The summed E-state index contributed by atoms with van der Waals surface area (Å²) in [6.45, 7) is 1.68. The zero-order valence-corrected chi connectivity index (χ0v) is 17.9. The number of fused-ring (bicyclic) bond motifs is 5. The van der Waals surface area contributed by atoms with Gasteiger partial charge in [-0.2, -0.15) is 0 Å². The van der Waals surface area contributed by atoms with Gasteiger partial charge in [-0.05, 0) is 24.1 Å². The van der Waals surface area contributed by atoms with Crippen molar-refractivity contribution in [1.82, 2.24) is 0 Å². The summed E-state index contributed by atoms with van der Waals surface area (Å²) < 4.78 is 18.2. The maximum atomic E-state index is 6.20. The maximum absolute atomic E-state index is 6.20. The second-order valence-electron chi connectivity index (χ2n) is 7.75. The van der Waals surface area contributed by atoms with Crippen LogP contribution >= 0.6 is 35.6 Å². The van der Waals surface area contributed by atoms with Crippen molar-refractivity contribution in [2.45, 2.75) is 23.5 Å². The average Bonchev–Trinajstić information content (AvgIpc) is 3.43. The van der Waals surface area contributed by atoms with Crippen LogP contribution in [0.25, 0.3) is 0 Å². The van der Waals surface area contributed by atoms with Crippen molar-refractivity contribution >= 4 is 46.3 Å². The number of anilines is 1. The van der Waals surface area contributed by atoms with E-state index >= 15 is 0 Å². The molecule has 0 saturated heterocycles. The number of benzene rings is 2. The minimum atomic E-state index is -0.292. The lowest BCUT2D eigenvalue weighted by molar-refractivity contribution is 0.173. The summed E-state index contributed by atoms with van der Waals surface area (Å²) in [5.41, 5.74) is 3.27. The quantitative estimate of drug-likeness (QED) is 0.591. The number of thiocarbonyl (C=S) groups is 1. The number of hydrogen-bond acceptors (Lipinski definition) is 5. The van der Waals surface area contributed by atoms with E-state index in [2.05, 4.69) is 41.3 Å². The van der Waals surface area contributed by atoms with Gasteiger partial charge in [-0.15, -0.1) is 11.8 Å². The zero-order valence-electron chi connectivity index (χ0n) is 15.5. The molecule has 148 valence electrons. The van der Waals surface area contributed by atoms with E-state index in [1.165, 1.54) is 11.3 Å². The van der Waals surface area contributed by atoms with Gasteiger partial charge >= 0.3 is 0 Å². The molecule has 4 heterocycles. The first kappa shape index (κ1) is 17.9. The number of halogens is 1. The highest BCUT2D eigenvalue weighted by atomic mass is 35.5. The van der Waals surface area contributed by atoms with Crippen LogP contribution in [0.2, 0.25) is 0 Å². The molecule has 2 unspecified atom stereocenters. The average molecular weight is 444 g/mol. The summed E-state index contributed by atoms with van der Waals surface area (Å²) in [6.07, 6.45) is 3.82. The molecule has 0 aromatic heterocycles. The largest absolute Gasteiger partial charge is 0.492 e. The maximum Gasteiger partial charge on any atom is 0.231 e. The Labute approximate surface area is 183 Å². The molecule has 4 aliphatic rings. The molecule has 0 fully saturated rings. The highest BCUT2D eigenvalue weighted by molar-refractivity contribution is 8.05. The van der Waals surface area contributed by atoms with E-state index in [9.17, 15) is 0 Å². The zero-order chi connectivity index (χ0) is 19.6. The molecule has 0 radical (unpaired) electrons. The summed E-state index contributed by atoms with van der Waals surface area (Å²) in [5, 5.41) is 0.420. The fraction of sp³-hybridized carbons (Fsp3) is 0.318. The molecular formula is C22H18ClNO3S2. The normalized spacial score (nSPS) is 26.4. The van der Waals surface area contributed by atoms with Crippen molar-refractivity contribution in [1.29, 1.82) is 0 Å². The van der Waals surface area contributed by atoms with E-state index in [4.69, 9.17) is 38.0 Å². The summed E-state index contributed by atoms with van der Waals surface area (Å²) in [6, 6.07) is 12.6. The van der Waals surface area contributed by atoms with Crippen molar-refractivity contribution < 1.29 is 14.2 Å². The Bertz CT molecular complexity index is 1070. The molecule has 0 saturated carbocycles. The molecule has 4 nitrogen and oxygen atoms in total. The van der Waals surface area contributed by atoms with Gasteiger partial charge in [-0.25, -0.2) is 0 Å². The van der Waals surface area contributed by atoms with E-state index in [1.807, 2.05) is 6.07 Å². The smallest absolute Gasteiger partial charge is 0.231 e. The summed E-state index contributed by atoms with van der Waals surface area (Å²) in [5.74, 6) is 2.39. The summed E-state index contributed by atoms with van der Waals surface area (Å²) in [4.78, 5) is 3.24. The molecule has 1 spiro atoms. The van der Waals surface area contributed by atoms with Gasteiger partial charge < -0.3 is 19.1 Å². The Morgan fingerprint density at radius 3 is 2.76 bits per heavy atom. The molecule has 2 atom stereocenters. The minimum absolute atomic E-state index is 0.254. The second kappa shape index (κ2) is 6.56. The van der Waals surface area contributed by atoms with Crippen LogP contribution in [0.15, 0.2) is 46.8 Å². The Morgan fingerprint density at radius 1 is 1.10 bits per heavy atom. The Morgan fingerprint density at radius 2 is 1.93 bits per heavy atom. The summed E-state index contributed by atoms with van der Waals surface area (Å²) >= 11 is 13.9. The topological polar surface area (TPSA) is 30.9 Å². The van der Waals surface area contributed by atoms with E-state index < -0.39 is 0 Å². The Balaban J connectivity index is 1.43. The molecule has 7 heteroatoms. The van der Waals surface area contributed by atoms with Crippen LogP contribution in [0.4, 0.5) is 5.69 Å². The van der Waals surface area contributed by atoms with Crippen molar-refractivity contribution in [2.75, 3.05) is 24.8 Å².